The third-order valence-electron chi connectivity index (χ3n) is 3.85. The topological polar surface area (TPSA) is 12.0 Å². The van der Waals surface area contributed by atoms with Crippen molar-refractivity contribution in [2.75, 3.05) is 6.54 Å². The van der Waals surface area contributed by atoms with Crippen molar-refractivity contribution in [2.45, 2.75) is 84.6 Å². The molecule has 0 amide bonds. The van der Waals surface area contributed by atoms with Crippen molar-refractivity contribution in [1.29, 1.82) is 0 Å². The van der Waals surface area contributed by atoms with Gasteiger partial charge in [-0.3, -0.25) is 0 Å². The van der Waals surface area contributed by atoms with Gasteiger partial charge in [0.15, 0.2) is 0 Å². The lowest BCUT2D eigenvalue weighted by Gasteiger charge is -2.17. The summed E-state index contributed by atoms with van der Waals surface area (Å²) < 4.78 is 0. The van der Waals surface area contributed by atoms with E-state index in [4.69, 9.17) is 0 Å². The zero-order valence-electron chi connectivity index (χ0n) is 13.7. The molecule has 1 unspecified atom stereocenters. The first-order chi connectivity index (χ1) is 9.80. The molecule has 0 aromatic carbocycles. The molecule has 1 heterocycles. The van der Waals surface area contributed by atoms with E-state index in [1.54, 1.807) is 4.88 Å². The minimum absolute atomic E-state index is 0.680. The number of aryl methyl sites for hydroxylation is 1. The molecule has 1 nitrogen and oxygen atoms in total. The van der Waals surface area contributed by atoms with E-state index in [1.807, 2.05) is 11.3 Å². The Balaban J connectivity index is 2.34. The predicted molar refractivity (Wildman–Crippen MR) is 92.9 cm³/mol. The summed E-state index contributed by atoms with van der Waals surface area (Å²) in [5.74, 6) is 0. The summed E-state index contributed by atoms with van der Waals surface area (Å²) in [4.78, 5) is 3.08. The largest absolute Gasteiger partial charge is 0.314 e. The molecular formula is C18H33NS. The van der Waals surface area contributed by atoms with Gasteiger partial charge < -0.3 is 5.32 Å². The van der Waals surface area contributed by atoms with Crippen molar-refractivity contribution in [3.63, 3.8) is 0 Å². The van der Waals surface area contributed by atoms with E-state index in [0.717, 1.165) is 6.54 Å². The third-order valence-corrected chi connectivity index (χ3v) is 5.10. The highest BCUT2D eigenvalue weighted by Crippen LogP contribution is 2.20. The minimum Gasteiger partial charge on any atom is -0.314 e. The molecule has 1 aromatic heterocycles. The number of hydrogen-bond acceptors (Lipinski definition) is 2. The summed E-state index contributed by atoms with van der Waals surface area (Å²) in [7, 11) is 0. The molecule has 0 spiro atoms. The van der Waals surface area contributed by atoms with E-state index in [9.17, 15) is 0 Å². The third kappa shape index (κ3) is 7.44. The summed E-state index contributed by atoms with van der Waals surface area (Å²) in [6.45, 7) is 7.95. The molecule has 1 rings (SSSR count). The lowest BCUT2D eigenvalue weighted by Crippen LogP contribution is -2.31. The standard InChI is InChI=1S/C18H33NS/c1-4-7-8-9-10-11-16(19-14-5-2)15-18-13-12-17(6-3)20-18/h12-13,16,19H,4-11,14-15H2,1-3H3. The van der Waals surface area contributed by atoms with Crippen molar-refractivity contribution in [3.8, 4) is 0 Å². The quantitative estimate of drug-likeness (QED) is 0.496. The van der Waals surface area contributed by atoms with Crippen molar-refractivity contribution >= 4 is 11.3 Å². The molecule has 1 N–H and O–H groups in total. The highest BCUT2D eigenvalue weighted by atomic mass is 32.1. The second kappa shape index (κ2) is 11.3. The molecule has 116 valence electrons. The predicted octanol–water partition coefficient (Wildman–Crippen LogP) is 5.58. The number of unbranched alkanes of at least 4 members (excludes halogenated alkanes) is 4. The highest BCUT2D eigenvalue weighted by Gasteiger charge is 2.10. The van der Waals surface area contributed by atoms with E-state index in [0.29, 0.717) is 6.04 Å². The number of hydrogen-bond donors (Lipinski definition) is 1. The Morgan fingerprint density at radius 1 is 0.950 bits per heavy atom. The summed E-state index contributed by atoms with van der Waals surface area (Å²) in [6, 6.07) is 5.32. The normalized spacial score (nSPS) is 12.8. The van der Waals surface area contributed by atoms with E-state index < -0.39 is 0 Å². The maximum absolute atomic E-state index is 3.74. The summed E-state index contributed by atoms with van der Waals surface area (Å²) in [5, 5.41) is 3.74. The van der Waals surface area contributed by atoms with Crippen LogP contribution in [-0.4, -0.2) is 12.6 Å². The number of rotatable bonds is 12. The van der Waals surface area contributed by atoms with Crippen LogP contribution in [0.15, 0.2) is 12.1 Å². The lowest BCUT2D eigenvalue weighted by atomic mass is 10.0. The van der Waals surface area contributed by atoms with Crippen LogP contribution in [0.1, 0.15) is 75.5 Å². The van der Waals surface area contributed by atoms with Gasteiger partial charge in [-0.2, -0.15) is 0 Å². The molecule has 20 heavy (non-hydrogen) atoms. The van der Waals surface area contributed by atoms with Crippen LogP contribution in [0.3, 0.4) is 0 Å². The van der Waals surface area contributed by atoms with Gasteiger partial charge in [0, 0.05) is 15.8 Å². The number of nitrogens with one attached hydrogen (secondary N) is 1. The van der Waals surface area contributed by atoms with E-state index in [2.05, 4.69) is 38.2 Å². The zero-order valence-corrected chi connectivity index (χ0v) is 14.5. The van der Waals surface area contributed by atoms with Crippen LogP contribution in [0.4, 0.5) is 0 Å². The first-order valence-corrected chi connectivity index (χ1v) is 9.42. The monoisotopic (exact) mass is 295 g/mol. The van der Waals surface area contributed by atoms with Gasteiger partial charge in [0.2, 0.25) is 0 Å². The first kappa shape index (κ1) is 17.7. The van der Waals surface area contributed by atoms with Gasteiger partial charge in [0.1, 0.15) is 0 Å². The minimum atomic E-state index is 0.680. The molecule has 0 aliphatic rings. The van der Waals surface area contributed by atoms with Gasteiger partial charge in [0.05, 0.1) is 0 Å². The van der Waals surface area contributed by atoms with Crippen molar-refractivity contribution in [1.82, 2.24) is 5.32 Å². The van der Waals surface area contributed by atoms with Crippen molar-refractivity contribution in [2.24, 2.45) is 0 Å². The Morgan fingerprint density at radius 3 is 2.35 bits per heavy atom. The molecule has 0 saturated heterocycles. The fourth-order valence-electron chi connectivity index (χ4n) is 2.58. The molecule has 0 aliphatic heterocycles. The Hall–Kier alpha value is -0.340. The van der Waals surface area contributed by atoms with E-state index >= 15 is 0 Å². The summed E-state index contributed by atoms with van der Waals surface area (Å²) in [5.41, 5.74) is 0. The zero-order chi connectivity index (χ0) is 14.6. The molecule has 0 fully saturated rings. The fourth-order valence-corrected chi connectivity index (χ4v) is 3.62. The SMILES string of the molecule is CCCCCCCC(Cc1ccc(CC)s1)NCCC. The molecule has 0 bridgehead atoms. The van der Waals surface area contributed by atoms with Crippen LogP contribution in [0.5, 0.6) is 0 Å². The number of thiophene rings is 1. The fraction of sp³-hybridized carbons (Fsp3) is 0.778. The Morgan fingerprint density at radius 2 is 1.70 bits per heavy atom. The van der Waals surface area contributed by atoms with E-state index in [1.165, 1.54) is 62.7 Å². The highest BCUT2D eigenvalue weighted by molar-refractivity contribution is 7.11. The maximum Gasteiger partial charge on any atom is 0.0115 e. The van der Waals surface area contributed by atoms with Crippen LogP contribution in [-0.2, 0) is 12.8 Å². The van der Waals surface area contributed by atoms with Gasteiger partial charge in [-0.05, 0) is 44.4 Å². The van der Waals surface area contributed by atoms with Crippen molar-refractivity contribution < 1.29 is 0 Å². The van der Waals surface area contributed by atoms with Crippen LogP contribution in [0.2, 0.25) is 0 Å². The van der Waals surface area contributed by atoms with Crippen LogP contribution >= 0.6 is 11.3 Å². The molecule has 2 heteroatoms. The molecule has 0 radical (unpaired) electrons. The van der Waals surface area contributed by atoms with Crippen molar-refractivity contribution in [3.05, 3.63) is 21.9 Å². The Bertz CT molecular complexity index is 332. The van der Waals surface area contributed by atoms with Gasteiger partial charge in [-0.25, -0.2) is 0 Å². The molecule has 0 aliphatic carbocycles. The van der Waals surface area contributed by atoms with Crippen LogP contribution in [0, 0.1) is 0 Å². The summed E-state index contributed by atoms with van der Waals surface area (Å²) in [6.07, 6.45) is 11.9. The molecule has 0 saturated carbocycles. The van der Waals surface area contributed by atoms with E-state index in [-0.39, 0.29) is 0 Å². The molecule has 1 atom stereocenters. The van der Waals surface area contributed by atoms with Crippen LogP contribution in [0.25, 0.3) is 0 Å². The van der Waals surface area contributed by atoms with Gasteiger partial charge in [-0.1, -0.05) is 52.9 Å². The van der Waals surface area contributed by atoms with Gasteiger partial charge in [0.25, 0.3) is 0 Å². The lowest BCUT2D eigenvalue weighted by molar-refractivity contribution is 0.453. The maximum atomic E-state index is 3.74. The van der Waals surface area contributed by atoms with Gasteiger partial charge in [-0.15, -0.1) is 11.3 Å². The second-order valence-electron chi connectivity index (χ2n) is 5.78. The average Bonchev–Trinajstić information content (AvgIpc) is 2.92. The van der Waals surface area contributed by atoms with Gasteiger partial charge >= 0.3 is 0 Å². The smallest absolute Gasteiger partial charge is 0.0115 e. The average molecular weight is 296 g/mol. The van der Waals surface area contributed by atoms with Crippen LogP contribution < -0.4 is 5.32 Å². The Labute approximate surface area is 130 Å². The Kier molecular flexibility index (Phi) is 10.0. The summed E-state index contributed by atoms with van der Waals surface area (Å²) >= 11 is 2.00. The first-order valence-electron chi connectivity index (χ1n) is 8.61. The molecular weight excluding hydrogens is 262 g/mol. The molecule has 1 aromatic rings. The second-order valence-corrected chi connectivity index (χ2v) is 7.03.